The summed E-state index contributed by atoms with van der Waals surface area (Å²) in [7, 11) is 0. The number of ether oxygens (including phenoxy) is 1. The quantitative estimate of drug-likeness (QED) is 0.612. The Bertz CT molecular complexity index is 611. The van der Waals surface area contributed by atoms with Gasteiger partial charge in [0.2, 0.25) is 0 Å². The fourth-order valence-corrected chi connectivity index (χ4v) is 2.50. The van der Waals surface area contributed by atoms with Crippen LogP contribution in [0.1, 0.15) is 39.2 Å². The van der Waals surface area contributed by atoms with Gasteiger partial charge >= 0.3 is 0 Å². The first-order valence-electron chi connectivity index (χ1n) is 8.08. The average Bonchev–Trinajstić information content (AvgIpc) is 2.78. The fourth-order valence-electron chi connectivity index (χ4n) is 2.21. The second-order valence-electron chi connectivity index (χ2n) is 6.08. The number of nitrogens with one attached hydrogen (secondary N) is 1. The molecule has 1 aliphatic heterocycles. The van der Waals surface area contributed by atoms with Crippen molar-refractivity contribution in [3.05, 3.63) is 35.5 Å². The largest absolute Gasteiger partial charge is 0.493 e. The Balaban J connectivity index is 2.11. The number of hydrogen-bond acceptors (Lipinski definition) is 3. The van der Waals surface area contributed by atoms with Crippen LogP contribution in [-0.4, -0.2) is 29.1 Å². The summed E-state index contributed by atoms with van der Waals surface area (Å²) in [6.07, 6.45) is 3.79. The third kappa shape index (κ3) is 4.79. The van der Waals surface area contributed by atoms with Crippen LogP contribution in [0, 0.1) is 5.92 Å². The van der Waals surface area contributed by atoms with E-state index >= 15 is 0 Å². The first-order chi connectivity index (χ1) is 11.0. The number of thiocarbonyl (C=S) groups is 1. The zero-order chi connectivity index (χ0) is 16.8. The zero-order valence-corrected chi connectivity index (χ0v) is 14.8. The van der Waals surface area contributed by atoms with Crippen molar-refractivity contribution in [2.45, 2.75) is 33.6 Å². The molecule has 5 heteroatoms. The molecule has 1 saturated heterocycles. The van der Waals surface area contributed by atoms with E-state index < -0.39 is 0 Å². The van der Waals surface area contributed by atoms with Gasteiger partial charge in [-0.15, -0.1) is 0 Å². The molecule has 1 aliphatic rings. The fraction of sp³-hybridized carbons (Fsp3) is 0.444. The molecule has 2 rings (SSSR count). The van der Waals surface area contributed by atoms with Crippen LogP contribution in [0.5, 0.6) is 5.75 Å². The van der Waals surface area contributed by atoms with E-state index in [1.54, 1.807) is 4.90 Å². The Morgan fingerprint density at radius 2 is 2.17 bits per heavy atom. The van der Waals surface area contributed by atoms with Gasteiger partial charge in [-0.2, -0.15) is 0 Å². The van der Waals surface area contributed by atoms with Crippen LogP contribution in [0.25, 0.3) is 6.08 Å². The summed E-state index contributed by atoms with van der Waals surface area (Å²) in [6, 6.07) is 7.73. The highest BCUT2D eigenvalue weighted by Crippen LogP contribution is 2.19. The summed E-state index contributed by atoms with van der Waals surface area (Å²) < 4.78 is 5.72. The third-order valence-electron chi connectivity index (χ3n) is 3.45. The lowest BCUT2D eigenvalue weighted by Crippen LogP contribution is -2.31. The third-order valence-corrected chi connectivity index (χ3v) is 3.77. The molecule has 0 aromatic heterocycles. The molecule has 0 aliphatic carbocycles. The van der Waals surface area contributed by atoms with E-state index in [4.69, 9.17) is 17.0 Å². The minimum atomic E-state index is -0.0584. The summed E-state index contributed by atoms with van der Waals surface area (Å²) in [5.74, 6) is 1.22. The van der Waals surface area contributed by atoms with Gasteiger partial charge in [-0.05, 0) is 48.3 Å². The van der Waals surface area contributed by atoms with Gasteiger partial charge in [0, 0.05) is 6.54 Å². The lowest BCUT2D eigenvalue weighted by Gasteiger charge is -2.12. The maximum Gasteiger partial charge on any atom is 0.276 e. The summed E-state index contributed by atoms with van der Waals surface area (Å²) in [5, 5.41) is 3.50. The number of hydrogen-bond donors (Lipinski definition) is 1. The minimum Gasteiger partial charge on any atom is -0.493 e. The second kappa shape index (κ2) is 8.11. The molecule has 124 valence electrons. The topological polar surface area (TPSA) is 41.6 Å². The first-order valence-corrected chi connectivity index (χ1v) is 8.49. The van der Waals surface area contributed by atoms with Gasteiger partial charge in [-0.3, -0.25) is 9.69 Å². The highest BCUT2D eigenvalue weighted by molar-refractivity contribution is 7.80. The number of nitrogens with zero attached hydrogens (tertiary/aromatic N) is 1. The molecule has 1 aromatic rings. The van der Waals surface area contributed by atoms with Gasteiger partial charge in [-0.1, -0.05) is 39.3 Å². The molecular formula is C18H24N2O2S. The van der Waals surface area contributed by atoms with Crippen molar-refractivity contribution in [3.63, 3.8) is 0 Å². The van der Waals surface area contributed by atoms with Crippen LogP contribution in [0.3, 0.4) is 0 Å². The van der Waals surface area contributed by atoms with Gasteiger partial charge < -0.3 is 10.1 Å². The van der Waals surface area contributed by atoms with E-state index in [1.807, 2.05) is 30.3 Å². The number of unbranched alkanes of at least 4 members (excludes halogenated alkanes) is 1. The van der Waals surface area contributed by atoms with Gasteiger partial charge in [-0.25, -0.2) is 0 Å². The van der Waals surface area contributed by atoms with Crippen LogP contribution in [-0.2, 0) is 4.79 Å². The van der Waals surface area contributed by atoms with Crippen molar-refractivity contribution in [1.82, 2.24) is 10.2 Å². The van der Waals surface area contributed by atoms with Crippen LogP contribution < -0.4 is 10.1 Å². The van der Waals surface area contributed by atoms with Crippen molar-refractivity contribution in [3.8, 4) is 5.75 Å². The Hall–Kier alpha value is -1.88. The molecule has 0 bridgehead atoms. The molecule has 0 spiro atoms. The number of carbonyl (C=O) groups excluding carboxylic acids is 1. The van der Waals surface area contributed by atoms with Crippen LogP contribution in [0.4, 0.5) is 0 Å². The monoisotopic (exact) mass is 332 g/mol. The second-order valence-corrected chi connectivity index (χ2v) is 6.46. The molecule has 1 N–H and O–H groups in total. The highest BCUT2D eigenvalue weighted by atomic mass is 32.1. The van der Waals surface area contributed by atoms with Crippen molar-refractivity contribution in [2.75, 3.05) is 13.2 Å². The van der Waals surface area contributed by atoms with Gasteiger partial charge in [0.1, 0.15) is 11.4 Å². The number of rotatable bonds is 7. The smallest absolute Gasteiger partial charge is 0.276 e. The molecular weight excluding hydrogens is 308 g/mol. The SMILES string of the molecule is CCCCN1C(=O)/C(=C\c2cccc(OCC(C)C)c2)NC1=S. The molecule has 1 heterocycles. The van der Waals surface area contributed by atoms with Crippen molar-refractivity contribution < 1.29 is 9.53 Å². The molecule has 0 atom stereocenters. The lowest BCUT2D eigenvalue weighted by molar-refractivity contribution is -0.122. The molecule has 1 amide bonds. The Morgan fingerprint density at radius 1 is 1.39 bits per heavy atom. The average molecular weight is 332 g/mol. The maximum absolute atomic E-state index is 12.4. The summed E-state index contributed by atoms with van der Waals surface area (Å²) >= 11 is 5.25. The molecule has 4 nitrogen and oxygen atoms in total. The Labute approximate surface area is 143 Å². The summed E-state index contributed by atoms with van der Waals surface area (Å²) in [4.78, 5) is 14.0. The van der Waals surface area contributed by atoms with E-state index in [0.717, 1.165) is 24.2 Å². The minimum absolute atomic E-state index is 0.0584. The maximum atomic E-state index is 12.4. The molecule has 23 heavy (non-hydrogen) atoms. The molecule has 0 unspecified atom stereocenters. The lowest BCUT2D eigenvalue weighted by atomic mass is 10.1. The summed E-state index contributed by atoms with van der Waals surface area (Å²) in [5.41, 5.74) is 1.44. The van der Waals surface area contributed by atoms with Crippen molar-refractivity contribution in [1.29, 1.82) is 0 Å². The van der Waals surface area contributed by atoms with E-state index in [9.17, 15) is 4.79 Å². The predicted molar refractivity (Wildman–Crippen MR) is 97.1 cm³/mol. The van der Waals surface area contributed by atoms with Crippen LogP contribution in [0.2, 0.25) is 0 Å². The Kier molecular flexibility index (Phi) is 6.16. The number of carbonyl (C=O) groups is 1. The van der Waals surface area contributed by atoms with E-state index in [1.165, 1.54) is 0 Å². The number of amides is 1. The van der Waals surface area contributed by atoms with Gasteiger partial charge in [0.15, 0.2) is 5.11 Å². The molecule has 0 saturated carbocycles. The predicted octanol–water partition coefficient (Wildman–Crippen LogP) is 3.58. The zero-order valence-electron chi connectivity index (χ0n) is 14.0. The van der Waals surface area contributed by atoms with Crippen molar-refractivity contribution >= 4 is 29.3 Å². The Morgan fingerprint density at radius 3 is 2.87 bits per heavy atom. The highest BCUT2D eigenvalue weighted by Gasteiger charge is 2.29. The molecule has 1 aromatic carbocycles. The van der Waals surface area contributed by atoms with E-state index in [2.05, 4.69) is 26.1 Å². The normalized spacial score (nSPS) is 16.3. The first kappa shape index (κ1) is 17.5. The van der Waals surface area contributed by atoms with Gasteiger partial charge in [0.25, 0.3) is 5.91 Å². The number of benzene rings is 1. The van der Waals surface area contributed by atoms with Gasteiger partial charge in [0.05, 0.1) is 6.61 Å². The standard InChI is InChI=1S/C18H24N2O2S/c1-4-5-9-20-17(21)16(19-18(20)23)11-14-7-6-8-15(10-14)22-12-13(2)3/h6-8,10-11,13H,4-5,9,12H2,1-3H3,(H,19,23)/b16-11+. The molecule has 1 fully saturated rings. The van der Waals surface area contributed by atoms with Crippen molar-refractivity contribution in [2.24, 2.45) is 5.92 Å². The van der Waals surface area contributed by atoms with E-state index in [-0.39, 0.29) is 5.91 Å². The summed E-state index contributed by atoms with van der Waals surface area (Å²) in [6.45, 7) is 7.65. The molecule has 0 radical (unpaired) electrons. The van der Waals surface area contributed by atoms with Crippen LogP contribution in [0.15, 0.2) is 30.0 Å². The van der Waals surface area contributed by atoms with E-state index in [0.29, 0.717) is 29.9 Å². The van der Waals surface area contributed by atoms with Crippen LogP contribution >= 0.6 is 12.2 Å².